The normalized spacial score (nSPS) is 11.9. The van der Waals surface area contributed by atoms with Crippen molar-refractivity contribution < 1.29 is 0 Å². The molecule has 0 aliphatic rings. The van der Waals surface area contributed by atoms with Crippen LogP contribution in [0.25, 0.3) is 232 Å². The van der Waals surface area contributed by atoms with Crippen molar-refractivity contribution in [2.45, 2.75) is 0 Å². The van der Waals surface area contributed by atoms with Crippen LogP contribution in [0.15, 0.2) is 471 Å². The quantitative estimate of drug-likeness (QED) is 0.129. The molecule has 8 heterocycles. The zero-order valence-electron chi connectivity index (χ0n) is 70.3. The summed E-state index contributed by atoms with van der Waals surface area (Å²) in [6.45, 7) is 0. The van der Waals surface area contributed by atoms with Gasteiger partial charge in [-0.2, -0.15) is 0 Å². The summed E-state index contributed by atoms with van der Waals surface area (Å²) in [4.78, 5) is 28.9. The Hall–Kier alpha value is -17.6. The van der Waals surface area contributed by atoms with Gasteiger partial charge in [-0.15, -0.1) is 0 Å². The molecule has 8 aromatic heterocycles. The SMILES string of the molecule is O=c1c2ccccc2n2c3ccc(-c4ccc5c(c4)c4cc(-c6ccc7c(c6)c6ccccc6n7-c6ccccc6)ccc4n5-c4ccccc4)cc3c(-c3ccccc3)c2n1-c1ccccc1.O=c1c2ccccc2n2c3ccccc3cc2n1-c1ccc(-c2ccc3c(c2)c2cc(-c4ccc5c(c4)c4ccccc4n5-c4ccccc4)ccc2n3-c2ccccc2)cc1. The molecule has 0 bridgehead atoms. The summed E-state index contributed by atoms with van der Waals surface area (Å²) in [5.74, 6) is 0. The van der Waals surface area contributed by atoms with Gasteiger partial charge in [0.2, 0.25) is 0 Å². The lowest BCUT2D eigenvalue weighted by Crippen LogP contribution is -2.21. The Balaban J connectivity index is 0.000000137. The molecule has 27 rings (SSSR count). The fraction of sp³-hybridized carbons (Fsp3) is 0. The fourth-order valence-corrected chi connectivity index (χ4v) is 20.9. The average molecular weight is 1660 g/mol. The van der Waals surface area contributed by atoms with Gasteiger partial charge in [-0.3, -0.25) is 27.5 Å². The number of hydrogen-bond donors (Lipinski definition) is 0. The molecule has 608 valence electrons. The van der Waals surface area contributed by atoms with Gasteiger partial charge in [-0.1, -0.05) is 255 Å². The van der Waals surface area contributed by atoms with E-state index in [0.29, 0.717) is 10.8 Å². The summed E-state index contributed by atoms with van der Waals surface area (Å²) in [5.41, 5.74) is 32.3. The van der Waals surface area contributed by atoms with Crippen LogP contribution in [0, 0.1) is 0 Å². The predicted molar refractivity (Wildman–Crippen MR) is 541 cm³/mol. The van der Waals surface area contributed by atoms with Crippen LogP contribution in [0.4, 0.5) is 0 Å². The molecule has 0 fully saturated rings. The van der Waals surface area contributed by atoms with Crippen molar-refractivity contribution in [1.82, 2.24) is 36.2 Å². The minimum absolute atomic E-state index is 0.0318. The molecule has 130 heavy (non-hydrogen) atoms. The zero-order chi connectivity index (χ0) is 85.8. The minimum atomic E-state index is -0.0435. The Kier molecular flexibility index (Phi) is 16.8. The van der Waals surface area contributed by atoms with Gasteiger partial charge in [0, 0.05) is 82.2 Å². The maximum atomic E-state index is 14.7. The van der Waals surface area contributed by atoms with E-state index in [-0.39, 0.29) is 11.1 Å². The summed E-state index contributed by atoms with van der Waals surface area (Å²) in [6.07, 6.45) is 0. The highest BCUT2D eigenvalue weighted by molar-refractivity contribution is 6.17. The summed E-state index contributed by atoms with van der Waals surface area (Å²) in [5, 5.41) is 13.2. The highest BCUT2D eigenvalue weighted by Crippen LogP contribution is 2.46. The molecule has 19 aromatic carbocycles. The van der Waals surface area contributed by atoms with E-state index in [1.54, 1.807) is 0 Å². The Morgan fingerprint density at radius 1 is 0.146 bits per heavy atom. The highest BCUT2D eigenvalue weighted by Gasteiger charge is 2.26. The van der Waals surface area contributed by atoms with Crippen LogP contribution in [-0.2, 0) is 0 Å². The Morgan fingerprint density at radius 2 is 0.400 bits per heavy atom. The highest BCUT2D eigenvalue weighted by atomic mass is 16.1. The van der Waals surface area contributed by atoms with Crippen molar-refractivity contribution in [1.29, 1.82) is 0 Å². The number of aromatic nitrogens is 8. The molecule has 0 amide bonds. The topological polar surface area (TPSA) is 72.5 Å². The standard InChI is InChI=1S/C63H40N4O.C57H36N4O/c68-63-50-26-14-16-28-56(50)67-60-36-32-45(40-54(60)61(41-17-5-1-6-18-41)62(67)66(63)48-23-11-4-12-24-48)44-31-35-59-53(39-44)52-38-43(30-34-58(52)65(59)47-21-9-3-10-22-47)42-29-33-57-51(37-42)49-25-13-15-27-55(49)64(57)46-19-7-2-8-20-46;62-57-46-19-9-12-22-52(46)61-50-20-10-7-13-41(50)36-56(61)60(57)44-28-23-37(24-29-44)38-25-30-54-48(33-38)49-35-40(27-32-55(49)59(54)43-16-5-2-6-17-43)39-26-31-53-47(34-39)45-18-8-11-21-51(45)58(53)42-14-3-1-4-15-42/h1-40H;1-36H. The van der Waals surface area contributed by atoms with Crippen LogP contribution in [0.5, 0.6) is 0 Å². The molecule has 27 aromatic rings. The van der Waals surface area contributed by atoms with Crippen molar-refractivity contribution in [2.75, 3.05) is 0 Å². The van der Waals surface area contributed by atoms with E-state index < -0.39 is 0 Å². The van der Waals surface area contributed by atoms with E-state index in [0.717, 1.165) is 134 Å². The third-order valence-electron chi connectivity index (χ3n) is 26.7. The van der Waals surface area contributed by atoms with Crippen molar-refractivity contribution in [3.05, 3.63) is 482 Å². The first-order chi connectivity index (χ1) is 64.3. The lowest BCUT2D eigenvalue weighted by atomic mass is 9.97. The Bertz CT molecular complexity index is 9440. The maximum Gasteiger partial charge on any atom is 0.266 e. The fourth-order valence-electron chi connectivity index (χ4n) is 20.9. The molecule has 10 heteroatoms. The number of rotatable bonds is 11. The van der Waals surface area contributed by atoms with Gasteiger partial charge in [0.15, 0.2) is 0 Å². The van der Waals surface area contributed by atoms with E-state index in [1.807, 2.05) is 94.1 Å². The third kappa shape index (κ3) is 11.5. The van der Waals surface area contributed by atoms with Gasteiger partial charge < -0.3 is 18.3 Å². The molecule has 0 aliphatic carbocycles. The molecule has 0 aliphatic heterocycles. The van der Waals surface area contributed by atoms with Crippen molar-refractivity contribution in [2.24, 2.45) is 0 Å². The largest absolute Gasteiger partial charge is 0.309 e. The van der Waals surface area contributed by atoms with Crippen LogP contribution >= 0.6 is 0 Å². The van der Waals surface area contributed by atoms with E-state index >= 15 is 0 Å². The summed E-state index contributed by atoms with van der Waals surface area (Å²) in [7, 11) is 0. The number of para-hydroxylation sites is 10. The second-order valence-electron chi connectivity index (χ2n) is 33.8. The average Bonchev–Trinajstić information content (AvgIpc) is 1.54. The molecule has 0 radical (unpaired) electrons. The summed E-state index contributed by atoms with van der Waals surface area (Å²) in [6, 6.07) is 163. The number of nitrogens with zero attached hydrogens (tertiary/aromatic N) is 8. The van der Waals surface area contributed by atoms with Crippen LogP contribution in [0.3, 0.4) is 0 Å². The molecule has 0 atom stereocenters. The zero-order valence-corrected chi connectivity index (χ0v) is 70.3. The van der Waals surface area contributed by atoms with Crippen molar-refractivity contribution in [3.63, 3.8) is 0 Å². The molecule has 0 saturated heterocycles. The number of hydrogen-bond acceptors (Lipinski definition) is 2. The van der Waals surface area contributed by atoms with Crippen LogP contribution in [0.2, 0.25) is 0 Å². The third-order valence-corrected chi connectivity index (χ3v) is 26.7. The van der Waals surface area contributed by atoms with Crippen LogP contribution in [-0.4, -0.2) is 36.2 Å². The van der Waals surface area contributed by atoms with Crippen LogP contribution < -0.4 is 11.1 Å². The second kappa shape index (κ2) is 29.5. The number of benzene rings is 19. The molecule has 0 spiro atoms. The minimum Gasteiger partial charge on any atom is -0.309 e. The molecule has 10 nitrogen and oxygen atoms in total. The molecule has 0 N–H and O–H groups in total. The van der Waals surface area contributed by atoms with Gasteiger partial charge in [0.05, 0.1) is 88.3 Å². The first kappa shape index (κ1) is 73.9. The maximum absolute atomic E-state index is 14.7. The second-order valence-corrected chi connectivity index (χ2v) is 33.8. The van der Waals surface area contributed by atoms with Gasteiger partial charge in [-0.25, -0.2) is 0 Å². The summed E-state index contributed by atoms with van der Waals surface area (Å²) >= 11 is 0. The van der Waals surface area contributed by atoms with E-state index in [4.69, 9.17) is 0 Å². The first-order valence-electron chi connectivity index (χ1n) is 44.2. The lowest BCUT2D eigenvalue weighted by Gasteiger charge is -2.14. The number of fused-ring (bicyclic) bond motifs is 22. The van der Waals surface area contributed by atoms with E-state index in [2.05, 4.69) is 403 Å². The van der Waals surface area contributed by atoms with Gasteiger partial charge in [-0.05, 0) is 256 Å². The summed E-state index contributed by atoms with van der Waals surface area (Å²) < 4.78 is 17.7. The van der Waals surface area contributed by atoms with Gasteiger partial charge in [0.25, 0.3) is 11.1 Å². The van der Waals surface area contributed by atoms with E-state index in [1.165, 1.54) is 87.4 Å². The molecular weight excluding hydrogens is 1590 g/mol. The molecular formula is C120H76N8O2. The van der Waals surface area contributed by atoms with E-state index in [9.17, 15) is 9.59 Å². The molecule has 0 unspecified atom stereocenters. The smallest absolute Gasteiger partial charge is 0.266 e. The first-order valence-corrected chi connectivity index (χ1v) is 44.2. The Morgan fingerprint density at radius 3 is 0.792 bits per heavy atom. The monoisotopic (exact) mass is 1660 g/mol. The molecule has 0 saturated carbocycles. The lowest BCUT2D eigenvalue weighted by molar-refractivity contribution is 1.01. The van der Waals surface area contributed by atoms with Crippen LogP contribution in [0.1, 0.15) is 0 Å². The van der Waals surface area contributed by atoms with Gasteiger partial charge in [0.1, 0.15) is 11.3 Å². The Labute approximate surface area is 744 Å². The van der Waals surface area contributed by atoms with Crippen molar-refractivity contribution in [3.8, 4) is 89.8 Å². The van der Waals surface area contributed by atoms with Crippen molar-refractivity contribution >= 4 is 142 Å². The predicted octanol–water partition coefficient (Wildman–Crippen LogP) is 29.5. The van der Waals surface area contributed by atoms with Gasteiger partial charge >= 0.3 is 0 Å².